The number of nitrogens with zero attached hydrogens (tertiary/aromatic N) is 3. The number of aromatic nitrogens is 4. The Kier molecular flexibility index (Phi) is 6.51. The number of rotatable bonds is 8. The van der Waals surface area contributed by atoms with Gasteiger partial charge in [-0.05, 0) is 30.2 Å². The quantitative estimate of drug-likeness (QED) is 0.448. The molecule has 0 spiro atoms. The number of ether oxygens (including phenoxy) is 2. The Labute approximate surface area is 172 Å². The highest BCUT2D eigenvalue weighted by Crippen LogP contribution is 2.14. The smallest absolute Gasteiger partial charge is 0.331 e. The fourth-order valence-corrected chi connectivity index (χ4v) is 3.04. The zero-order valence-electron chi connectivity index (χ0n) is 17.2. The van der Waals surface area contributed by atoms with E-state index in [1.54, 1.807) is 26.3 Å². The number of hydrogen-bond acceptors (Lipinski definition) is 6. The molecule has 2 heterocycles. The number of hydrogen-bond donors (Lipinski definition) is 1. The third-order valence-corrected chi connectivity index (χ3v) is 4.69. The predicted octanol–water partition coefficient (Wildman–Crippen LogP) is 1.99. The first-order valence-corrected chi connectivity index (χ1v) is 9.62. The van der Waals surface area contributed by atoms with Crippen molar-refractivity contribution in [3.63, 3.8) is 0 Å². The van der Waals surface area contributed by atoms with E-state index in [4.69, 9.17) is 9.47 Å². The third-order valence-electron chi connectivity index (χ3n) is 4.69. The molecule has 0 bridgehead atoms. The van der Waals surface area contributed by atoms with Gasteiger partial charge in [0.1, 0.15) is 18.2 Å². The first-order chi connectivity index (χ1) is 14.4. The summed E-state index contributed by atoms with van der Waals surface area (Å²) in [5, 5.41) is 0. The van der Waals surface area contributed by atoms with Crippen LogP contribution in [0.5, 0.6) is 5.75 Å². The summed E-state index contributed by atoms with van der Waals surface area (Å²) in [7, 11) is 3.22. The van der Waals surface area contributed by atoms with Gasteiger partial charge in [-0.1, -0.05) is 25.5 Å². The van der Waals surface area contributed by atoms with Crippen LogP contribution in [0.4, 0.5) is 0 Å². The van der Waals surface area contributed by atoms with E-state index in [1.165, 1.54) is 15.2 Å². The molecule has 0 radical (unpaired) electrons. The third kappa shape index (κ3) is 4.51. The summed E-state index contributed by atoms with van der Waals surface area (Å²) >= 11 is 0. The Hall–Kier alpha value is -3.62. The second kappa shape index (κ2) is 9.25. The standard InChI is InChI=1S/C21H24N4O5/c1-4-5-11-25-19-18(20(27)23-21(25)28)24(2)16(22-19)13-30-17(26)10-9-14-7-6-8-15(12-14)29-3/h6-10,12H,4-5,11,13H2,1-3H3,(H,23,27,28)/b10-9+. The number of fused-ring (bicyclic) bond motifs is 1. The van der Waals surface area contributed by atoms with E-state index >= 15 is 0 Å². The fourth-order valence-electron chi connectivity index (χ4n) is 3.04. The summed E-state index contributed by atoms with van der Waals surface area (Å²) in [6.07, 6.45) is 4.59. The van der Waals surface area contributed by atoms with Gasteiger partial charge in [-0.25, -0.2) is 14.6 Å². The number of imidazole rings is 1. The maximum absolute atomic E-state index is 12.3. The Morgan fingerprint density at radius 1 is 1.30 bits per heavy atom. The van der Waals surface area contributed by atoms with Crippen molar-refractivity contribution in [3.05, 3.63) is 62.6 Å². The van der Waals surface area contributed by atoms with Crippen LogP contribution in [0.15, 0.2) is 39.9 Å². The Balaban J connectivity index is 1.78. The van der Waals surface area contributed by atoms with Crippen molar-refractivity contribution in [2.75, 3.05) is 7.11 Å². The van der Waals surface area contributed by atoms with E-state index in [1.807, 2.05) is 25.1 Å². The summed E-state index contributed by atoms with van der Waals surface area (Å²) < 4.78 is 13.4. The number of benzene rings is 1. The SMILES string of the molecule is CCCCn1c(=O)[nH]c(=O)c2c1nc(COC(=O)/C=C/c1cccc(OC)c1)n2C. The molecule has 1 aromatic carbocycles. The van der Waals surface area contributed by atoms with Gasteiger partial charge in [0.15, 0.2) is 11.2 Å². The van der Waals surface area contributed by atoms with Gasteiger partial charge in [0, 0.05) is 19.7 Å². The second-order valence-electron chi connectivity index (χ2n) is 6.74. The number of esters is 1. The number of unbranched alkanes of at least 4 members (excludes halogenated alkanes) is 1. The summed E-state index contributed by atoms with van der Waals surface area (Å²) in [6, 6.07) is 7.25. The van der Waals surface area contributed by atoms with Gasteiger partial charge in [-0.3, -0.25) is 14.3 Å². The second-order valence-corrected chi connectivity index (χ2v) is 6.74. The van der Waals surface area contributed by atoms with Gasteiger partial charge in [0.05, 0.1) is 7.11 Å². The lowest BCUT2D eigenvalue weighted by Crippen LogP contribution is -2.31. The van der Waals surface area contributed by atoms with Crippen molar-refractivity contribution in [2.45, 2.75) is 32.9 Å². The minimum Gasteiger partial charge on any atom is -0.497 e. The van der Waals surface area contributed by atoms with Gasteiger partial charge < -0.3 is 14.0 Å². The molecule has 0 unspecified atom stereocenters. The number of carbonyl (C=O) groups is 1. The minimum atomic E-state index is -0.554. The maximum atomic E-state index is 12.3. The molecule has 2 aromatic heterocycles. The molecule has 9 nitrogen and oxygen atoms in total. The van der Waals surface area contributed by atoms with Crippen LogP contribution in [-0.4, -0.2) is 32.2 Å². The van der Waals surface area contributed by atoms with E-state index in [9.17, 15) is 14.4 Å². The van der Waals surface area contributed by atoms with E-state index < -0.39 is 17.2 Å². The number of H-pyrrole nitrogens is 1. The normalized spacial score (nSPS) is 11.3. The average Bonchev–Trinajstić information content (AvgIpc) is 3.07. The monoisotopic (exact) mass is 412 g/mol. The largest absolute Gasteiger partial charge is 0.497 e. The lowest BCUT2D eigenvalue weighted by Gasteiger charge is -2.04. The molecule has 0 fully saturated rings. The summed E-state index contributed by atoms with van der Waals surface area (Å²) in [6.45, 7) is 2.33. The van der Waals surface area contributed by atoms with Crippen LogP contribution in [-0.2, 0) is 29.7 Å². The van der Waals surface area contributed by atoms with Crippen molar-refractivity contribution >= 4 is 23.2 Å². The molecule has 3 aromatic rings. The van der Waals surface area contributed by atoms with Crippen LogP contribution in [0.25, 0.3) is 17.2 Å². The zero-order chi connectivity index (χ0) is 21.7. The van der Waals surface area contributed by atoms with Gasteiger partial charge >= 0.3 is 11.7 Å². The number of nitrogens with one attached hydrogen (secondary N) is 1. The average molecular weight is 412 g/mol. The number of aryl methyl sites for hydroxylation is 2. The molecule has 30 heavy (non-hydrogen) atoms. The van der Waals surface area contributed by atoms with Crippen LogP contribution < -0.4 is 16.0 Å². The molecule has 0 aliphatic carbocycles. The Morgan fingerprint density at radius 3 is 2.83 bits per heavy atom. The van der Waals surface area contributed by atoms with Crippen molar-refractivity contribution < 1.29 is 14.3 Å². The van der Waals surface area contributed by atoms with Gasteiger partial charge in [0.25, 0.3) is 5.56 Å². The van der Waals surface area contributed by atoms with Crippen molar-refractivity contribution in [3.8, 4) is 5.75 Å². The van der Waals surface area contributed by atoms with E-state index in [0.717, 1.165) is 18.4 Å². The predicted molar refractivity (Wildman–Crippen MR) is 112 cm³/mol. The molecule has 1 N–H and O–H groups in total. The fraction of sp³-hybridized carbons (Fsp3) is 0.333. The Morgan fingerprint density at radius 2 is 2.10 bits per heavy atom. The van der Waals surface area contributed by atoms with Gasteiger partial charge in [-0.15, -0.1) is 0 Å². The first kappa shape index (κ1) is 21.1. The van der Waals surface area contributed by atoms with Crippen LogP contribution in [0.3, 0.4) is 0 Å². The zero-order valence-corrected chi connectivity index (χ0v) is 17.2. The molecule has 0 amide bonds. The first-order valence-electron chi connectivity index (χ1n) is 9.62. The number of carbonyl (C=O) groups excluding carboxylic acids is 1. The van der Waals surface area contributed by atoms with Crippen LogP contribution in [0.2, 0.25) is 0 Å². The van der Waals surface area contributed by atoms with Crippen LogP contribution in [0.1, 0.15) is 31.2 Å². The molecule has 0 aliphatic heterocycles. The van der Waals surface area contributed by atoms with Crippen molar-refractivity contribution in [2.24, 2.45) is 7.05 Å². The lowest BCUT2D eigenvalue weighted by molar-refractivity contribution is -0.139. The molecule has 0 atom stereocenters. The molecule has 158 valence electrons. The maximum Gasteiger partial charge on any atom is 0.331 e. The molecule has 0 saturated carbocycles. The van der Waals surface area contributed by atoms with E-state index in [0.29, 0.717) is 18.1 Å². The lowest BCUT2D eigenvalue weighted by atomic mass is 10.2. The topological polar surface area (TPSA) is 108 Å². The Bertz CT molecular complexity index is 1200. The van der Waals surface area contributed by atoms with E-state index in [2.05, 4.69) is 9.97 Å². The van der Waals surface area contributed by atoms with Gasteiger partial charge in [-0.2, -0.15) is 0 Å². The molecular weight excluding hydrogens is 388 g/mol. The molecular formula is C21H24N4O5. The van der Waals surface area contributed by atoms with Crippen LogP contribution in [0, 0.1) is 0 Å². The highest BCUT2D eigenvalue weighted by molar-refractivity contribution is 5.87. The summed E-state index contributed by atoms with van der Waals surface area (Å²) in [4.78, 5) is 43.2. The highest BCUT2D eigenvalue weighted by Gasteiger charge is 2.17. The number of methoxy groups -OCH3 is 1. The highest BCUT2D eigenvalue weighted by atomic mass is 16.5. The number of aromatic amines is 1. The van der Waals surface area contributed by atoms with Gasteiger partial charge in [0.2, 0.25) is 0 Å². The van der Waals surface area contributed by atoms with E-state index in [-0.39, 0.29) is 17.8 Å². The van der Waals surface area contributed by atoms with Crippen molar-refractivity contribution in [1.29, 1.82) is 0 Å². The minimum absolute atomic E-state index is 0.131. The molecule has 3 rings (SSSR count). The molecule has 0 saturated heterocycles. The van der Waals surface area contributed by atoms with Crippen LogP contribution >= 0.6 is 0 Å². The van der Waals surface area contributed by atoms with Crippen molar-refractivity contribution in [1.82, 2.24) is 19.1 Å². The summed E-state index contributed by atoms with van der Waals surface area (Å²) in [5.74, 6) is 0.501. The molecule has 9 heteroatoms. The summed E-state index contributed by atoms with van der Waals surface area (Å²) in [5.41, 5.74) is 0.332. The molecule has 0 aliphatic rings.